The van der Waals surface area contributed by atoms with Gasteiger partial charge in [0.15, 0.2) is 0 Å². The fraction of sp³-hybridized carbons (Fsp3) is 0.562. The molecule has 0 saturated heterocycles. The Morgan fingerprint density at radius 2 is 2.05 bits per heavy atom. The Balaban J connectivity index is 2.19. The highest BCUT2D eigenvalue weighted by Crippen LogP contribution is 2.34. The topological polar surface area (TPSA) is 59.1 Å². The Morgan fingerprint density at radius 1 is 1.30 bits per heavy atom. The molecule has 1 aromatic rings. The van der Waals surface area contributed by atoms with Crippen LogP contribution in [0.5, 0.6) is 5.75 Å². The molecule has 1 saturated carbocycles. The normalized spacial score (nSPS) is 26.2. The number of hydrogen-bond acceptors (Lipinski definition) is 3. The lowest BCUT2D eigenvalue weighted by Crippen LogP contribution is -2.29. The summed E-state index contributed by atoms with van der Waals surface area (Å²) in [7, 11) is 0. The van der Waals surface area contributed by atoms with E-state index in [4.69, 9.17) is 15.9 Å². The maximum absolute atomic E-state index is 7.79. The van der Waals surface area contributed by atoms with Gasteiger partial charge in [-0.05, 0) is 49.5 Å². The lowest BCUT2D eigenvalue weighted by atomic mass is 9.80. The molecule has 110 valence electrons. The molecule has 0 heterocycles. The molecule has 0 amide bonds. The molecule has 3 unspecified atom stereocenters. The Bertz CT molecular complexity index is 489. The zero-order chi connectivity index (χ0) is 14.7. The van der Waals surface area contributed by atoms with Crippen LogP contribution in [-0.2, 0) is 0 Å². The van der Waals surface area contributed by atoms with E-state index in [1.54, 1.807) is 11.8 Å². The predicted octanol–water partition coefficient (Wildman–Crippen LogP) is 3.90. The van der Waals surface area contributed by atoms with Crippen LogP contribution in [0.1, 0.15) is 38.7 Å². The Hall–Kier alpha value is -1.16. The van der Waals surface area contributed by atoms with Gasteiger partial charge >= 0.3 is 0 Å². The van der Waals surface area contributed by atoms with Gasteiger partial charge in [-0.25, -0.2) is 0 Å². The molecule has 0 spiro atoms. The van der Waals surface area contributed by atoms with Crippen molar-refractivity contribution < 1.29 is 4.74 Å². The summed E-state index contributed by atoms with van der Waals surface area (Å²) in [5.41, 5.74) is 6.48. The van der Waals surface area contributed by atoms with Crippen molar-refractivity contribution in [1.29, 1.82) is 5.41 Å². The molecule has 1 aliphatic rings. The summed E-state index contributed by atoms with van der Waals surface area (Å²) in [6.07, 6.45) is 5.63. The second-order valence-corrected chi connectivity index (χ2v) is 6.60. The Kier molecular flexibility index (Phi) is 4.97. The summed E-state index contributed by atoms with van der Waals surface area (Å²) in [5.74, 6) is 2.32. The summed E-state index contributed by atoms with van der Waals surface area (Å²) >= 11 is 1.60. The zero-order valence-corrected chi connectivity index (χ0v) is 13.3. The average Bonchev–Trinajstić information content (AvgIpc) is 2.42. The largest absolute Gasteiger partial charge is 0.490 e. The minimum absolute atomic E-state index is 0.0853. The number of nitrogen functional groups attached to an aromatic ring is 1. The third kappa shape index (κ3) is 3.29. The molecule has 0 aromatic heterocycles. The minimum Gasteiger partial charge on any atom is -0.490 e. The fourth-order valence-corrected chi connectivity index (χ4v) is 3.46. The van der Waals surface area contributed by atoms with E-state index in [2.05, 4.69) is 13.8 Å². The molecule has 1 fully saturated rings. The number of nitrogens with two attached hydrogens (primary N) is 1. The molecule has 20 heavy (non-hydrogen) atoms. The third-order valence-electron chi connectivity index (χ3n) is 4.32. The lowest BCUT2D eigenvalue weighted by molar-refractivity contribution is 0.100. The zero-order valence-electron chi connectivity index (χ0n) is 12.5. The van der Waals surface area contributed by atoms with Crippen molar-refractivity contribution in [3.05, 3.63) is 23.8 Å². The number of amidine groups is 1. The molecule has 3 N–H and O–H groups in total. The first-order valence-corrected chi connectivity index (χ1v) is 8.43. The number of hydrogen-bond donors (Lipinski definition) is 2. The Labute approximate surface area is 125 Å². The van der Waals surface area contributed by atoms with E-state index < -0.39 is 0 Å². The number of benzene rings is 1. The second kappa shape index (κ2) is 6.53. The van der Waals surface area contributed by atoms with Gasteiger partial charge in [0, 0.05) is 4.90 Å². The average molecular weight is 292 g/mol. The van der Waals surface area contributed by atoms with Gasteiger partial charge in [0.25, 0.3) is 0 Å². The van der Waals surface area contributed by atoms with Crippen molar-refractivity contribution in [2.75, 3.05) is 6.26 Å². The van der Waals surface area contributed by atoms with E-state index >= 15 is 0 Å². The van der Waals surface area contributed by atoms with Crippen molar-refractivity contribution in [3.63, 3.8) is 0 Å². The summed E-state index contributed by atoms with van der Waals surface area (Å²) in [4.78, 5) is 1.01. The standard InChI is InChI=1S/C16H24N2OS/c1-10-7-8-12(9-11(10)2)19-13-5-4-6-14(20-3)15(13)16(17)18/h4-6,10-12H,7-9H2,1-3H3,(H3,17,18). The smallest absolute Gasteiger partial charge is 0.131 e. The summed E-state index contributed by atoms with van der Waals surface area (Å²) < 4.78 is 6.17. The highest BCUT2D eigenvalue weighted by molar-refractivity contribution is 7.98. The van der Waals surface area contributed by atoms with Crippen LogP contribution in [0.2, 0.25) is 0 Å². The monoisotopic (exact) mass is 292 g/mol. The van der Waals surface area contributed by atoms with Crippen LogP contribution >= 0.6 is 11.8 Å². The summed E-state index contributed by atoms with van der Waals surface area (Å²) in [5, 5.41) is 7.79. The van der Waals surface area contributed by atoms with Crippen molar-refractivity contribution in [2.45, 2.75) is 44.1 Å². The van der Waals surface area contributed by atoms with E-state index in [-0.39, 0.29) is 11.9 Å². The van der Waals surface area contributed by atoms with Crippen LogP contribution in [0.25, 0.3) is 0 Å². The van der Waals surface area contributed by atoms with E-state index in [0.717, 1.165) is 35.0 Å². The lowest BCUT2D eigenvalue weighted by Gasteiger charge is -2.32. The third-order valence-corrected chi connectivity index (χ3v) is 5.10. The van der Waals surface area contributed by atoms with Gasteiger partial charge in [-0.3, -0.25) is 5.41 Å². The molecule has 4 heteroatoms. The van der Waals surface area contributed by atoms with Crippen molar-refractivity contribution >= 4 is 17.6 Å². The van der Waals surface area contributed by atoms with Gasteiger partial charge < -0.3 is 10.5 Å². The first-order chi connectivity index (χ1) is 9.52. The summed E-state index contributed by atoms with van der Waals surface area (Å²) in [6.45, 7) is 4.61. The first-order valence-electron chi connectivity index (χ1n) is 7.21. The predicted molar refractivity (Wildman–Crippen MR) is 85.8 cm³/mol. The molecule has 0 radical (unpaired) electrons. The molecule has 3 atom stereocenters. The quantitative estimate of drug-likeness (QED) is 0.503. The van der Waals surface area contributed by atoms with Gasteiger partial charge in [0.05, 0.1) is 11.7 Å². The molecular formula is C16H24N2OS. The molecule has 0 aliphatic heterocycles. The molecule has 1 aliphatic carbocycles. The molecule has 0 bridgehead atoms. The maximum Gasteiger partial charge on any atom is 0.131 e. The van der Waals surface area contributed by atoms with Gasteiger partial charge in [-0.15, -0.1) is 11.8 Å². The van der Waals surface area contributed by atoms with Gasteiger partial charge in [-0.1, -0.05) is 19.9 Å². The highest BCUT2D eigenvalue weighted by atomic mass is 32.2. The van der Waals surface area contributed by atoms with Crippen molar-refractivity contribution in [2.24, 2.45) is 17.6 Å². The molecule has 1 aromatic carbocycles. The van der Waals surface area contributed by atoms with Crippen LogP contribution in [-0.4, -0.2) is 18.2 Å². The fourth-order valence-electron chi connectivity index (χ4n) is 2.83. The minimum atomic E-state index is 0.0853. The highest BCUT2D eigenvalue weighted by Gasteiger charge is 2.26. The van der Waals surface area contributed by atoms with Crippen LogP contribution in [0, 0.1) is 17.2 Å². The Morgan fingerprint density at radius 3 is 2.65 bits per heavy atom. The number of thioether (sulfide) groups is 1. The van der Waals surface area contributed by atoms with Gasteiger partial charge in [0.2, 0.25) is 0 Å². The van der Waals surface area contributed by atoms with E-state index in [1.807, 2.05) is 24.5 Å². The van der Waals surface area contributed by atoms with Crippen LogP contribution in [0.4, 0.5) is 0 Å². The number of rotatable bonds is 4. The van der Waals surface area contributed by atoms with E-state index in [0.29, 0.717) is 5.92 Å². The SMILES string of the molecule is CSc1cccc(OC2CCC(C)C(C)C2)c1C(=N)N. The second-order valence-electron chi connectivity index (χ2n) is 5.75. The summed E-state index contributed by atoms with van der Waals surface area (Å²) in [6, 6.07) is 5.89. The number of ether oxygens (including phenoxy) is 1. The van der Waals surface area contributed by atoms with Gasteiger partial charge in [0.1, 0.15) is 11.6 Å². The molecule has 2 rings (SSSR count). The first kappa shape index (κ1) is 15.2. The molecular weight excluding hydrogens is 268 g/mol. The van der Waals surface area contributed by atoms with E-state index in [9.17, 15) is 0 Å². The molecule has 3 nitrogen and oxygen atoms in total. The van der Waals surface area contributed by atoms with Crippen LogP contribution < -0.4 is 10.5 Å². The van der Waals surface area contributed by atoms with Gasteiger partial charge in [-0.2, -0.15) is 0 Å². The van der Waals surface area contributed by atoms with E-state index in [1.165, 1.54) is 6.42 Å². The number of nitrogens with one attached hydrogen (secondary N) is 1. The van der Waals surface area contributed by atoms with Crippen LogP contribution in [0.15, 0.2) is 23.1 Å². The van der Waals surface area contributed by atoms with Crippen LogP contribution in [0.3, 0.4) is 0 Å². The van der Waals surface area contributed by atoms with Crippen molar-refractivity contribution in [3.8, 4) is 5.75 Å². The maximum atomic E-state index is 7.79. The van der Waals surface area contributed by atoms with Crippen molar-refractivity contribution in [1.82, 2.24) is 0 Å².